The first kappa shape index (κ1) is 17.1. The van der Waals surface area contributed by atoms with Gasteiger partial charge in [-0.05, 0) is 42.8 Å². The van der Waals surface area contributed by atoms with Gasteiger partial charge in [-0.15, -0.1) is 0 Å². The lowest BCUT2D eigenvalue weighted by Crippen LogP contribution is -2.18. The normalized spacial score (nSPS) is 10.4. The van der Waals surface area contributed by atoms with Crippen LogP contribution in [-0.2, 0) is 4.74 Å². The van der Waals surface area contributed by atoms with E-state index in [-0.39, 0.29) is 18.1 Å². The van der Waals surface area contributed by atoms with Crippen LogP contribution >= 0.6 is 0 Å². The maximum absolute atomic E-state index is 11.9. The molecule has 0 bridgehead atoms. The first-order valence-corrected chi connectivity index (χ1v) is 7.03. The van der Waals surface area contributed by atoms with Gasteiger partial charge in [-0.3, -0.25) is 0 Å². The molecule has 0 radical (unpaired) electrons. The monoisotopic (exact) mass is 332 g/mol. The molecule has 1 N–H and O–H groups in total. The van der Waals surface area contributed by atoms with Crippen molar-refractivity contribution < 1.29 is 28.2 Å². The first-order chi connectivity index (χ1) is 11.6. The number of carbonyl (C=O) groups is 2. The fourth-order valence-electron chi connectivity index (χ4n) is 1.72. The number of hydrogen-bond donors (Lipinski definition) is 1. The highest BCUT2D eigenvalue weighted by Gasteiger charge is 2.14. The Balaban J connectivity index is 2.05. The summed E-state index contributed by atoms with van der Waals surface area (Å²) in [5.41, 5.74) is 2.83. The number of carbonyl (C=O) groups excluding carboxylic acids is 2. The number of benzene rings is 1. The number of nitrogens with one attached hydrogen (secondary N) is 1. The third-order valence-corrected chi connectivity index (χ3v) is 2.76. The maximum atomic E-state index is 11.9. The Morgan fingerprint density at radius 1 is 1.29 bits per heavy atom. The van der Waals surface area contributed by atoms with Crippen LogP contribution in [0.25, 0.3) is 0 Å². The number of rotatable bonds is 6. The van der Waals surface area contributed by atoms with Crippen molar-refractivity contribution in [1.82, 2.24) is 5.43 Å². The predicted molar refractivity (Wildman–Crippen MR) is 84.4 cm³/mol. The largest absolute Gasteiger partial charge is 0.493 e. The van der Waals surface area contributed by atoms with Crippen LogP contribution in [0.2, 0.25) is 0 Å². The smallest absolute Gasteiger partial charge is 0.427 e. The van der Waals surface area contributed by atoms with E-state index in [2.05, 4.69) is 15.3 Å². The van der Waals surface area contributed by atoms with E-state index < -0.39 is 12.1 Å². The second-order valence-corrected chi connectivity index (χ2v) is 4.37. The molecule has 24 heavy (non-hydrogen) atoms. The summed E-state index contributed by atoms with van der Waals surface area (Å²) in [4.78, 5) is 23.0. The van der Waals surface area contributed by atoms with Crippen LogP contribution < -0.4 is 14.9 Å². The molecule has 1 heterocycles. The van der Waals surface area contributed by atoms with Crippen LogP contribution in [0, 0.1) is 0 Å². The van der Waals surface area contributed by atoms with Gasteiger partial charge in [0.25, 0.3) is 0 Å². The number of ether oxygens (including phenoxy) is 3. The summed E-state index contributed by atoms with van der Waals surface area (Å²) in [6.45, 7) is 1.95. The van der Waals surface area contributed by atoms with Crippen molar-refractivity contribution in [2.75, 3.05) is 13.7 Å². The minimum Gasteiger partial charge on any atom is -0.493 e. The summed E-state index contributed by atoms with van der Waals surface area (Å²) in [5.74, 6) is 0.00872. The SMILES string of the molecule is CCOC(=O)NN=Cc1ccc(OC(=O)c2ccco2)c(OC)c1. The minimum atomic E-state index is -0.648. The summed E-state index contributed by atoms with van der Waals surface area (Å²) in [6, 6.07) is 7.87. The van der Waals surface area contributed by atoms with Crippen molar-refractivity contribution in [3.05, 3.63) is 47.9 Å². The number of hydrogen-bond acceptors (Lipinski definition) is 7. The Hall–Kier alpha value is -3.29. The van der Waals surface area contributed by atoms with Crippen molar-refractivity contribution in [3.63, 3.8) is 0 Å². The quantitative estimate of drug-likeness (QED) is 0.378. The van der Waals surface area contributed by atoms with Crippen molar-refractivity contribution in [2.24, 2.45) is 5.10 Å². The molecule has 0 aliphatic rings. The fraction of sp³-hybridized carbons (Fsp3) is 0.188. The zero-order valence-corrected chi connectivity index (χ0v) is 13.1. The zero-order chi connectivity index (χ0) is 17.4. The summed E-state index contributed by atoms with van der Waals surface area (Å²) in [6.07, 6.45) is 2.13. The molecule has 2 aromatic rings. The summed E-state index contributed by atoms with van der Waals surface area (Å²) in [5, 5.41) is 3.74. The molecule has 2 rings (SSSR count). The molecular weight excluding hydrogens is 316 g/mol. The van der Waals surface area contributed by atoms with E-state index in [4.69, 9.17) is 13.9 Å². The third-order valence-electron chi connectivity index (χ3n) is 2.76. The van der Waals surface area contributed by atoms with Crippen LogP contribution in [0.1, 0.15) is 23.0 Å². The van der Waals surface area contributed by atoms with Crippen LogP contribution in [0.15, 0.2) is 46.1 Å². The van der Waals surface area contributed by atoms with Gasteiger partial charge in [0.1, 0.15) is 0 Å². The van der Waals surface area contributed by atoms with Gasteiger partial charge in [0.2, 0.25) is 5.76 Å². The number of hydrazone groups is 1. The van der Waals surface area contributed by atoms with Gasteiger partial charge in [0, 0.05) is 0 Å². The topological polar surface area (TPSA) is 99.4 Å². The molecule has 0 aliphatic carbocycles. The van der Waals surface area contributed by atoms with E-state index >= 15 is 0 Å². The van der Waals surface area contributed by atoms with E-state index in [1.807, 2.05) is 0 Å². The van der Waals surface area contributed by atoms with Gasteiger partial charge >= 0.3 is 12.1 Å². The van der Waals surface area contributed by atoms with Gasteiger partial charge in [-0.1, -0.05) is 0 Å². The lowest BCUT2D eigenvalue weighted by atomic mass is 10.2. The number of furan rings is 1. The first-order valence-electron chi connectivity index (χ1n) is 7.03. The van der Waals surface area contributed by atoms with Crippen LogP contribution in [-0.4, -0.2) is 32.0 Å². The van der Waals surface area contributed by atoms with Gasteiger partial charge in [-0.25, -0.2) is 15.0 Å². The summed E-state index contributed by atoms with van der Waals surface area (Å²) in [7, 11) is 1.44. The Kier molecular flexibility index (Phi) is 5.95. The Labute approximate surface area is 138 Å². The molecule has 126 valence electrons. The predicted octanol–water partition coefficient (Wildman–Crippen LogP) is 2.59. The standard InChI is InChI=1S/C16H16N2O6/c1-3-22-16(20)18-17-10-11-6-7-12(14(9-11)21-2)24-15(19)13-5-4-8-23-13/h4-10H,3H2,1-2H3,(H,18,20). The summed E-state index contributed by atoms with van der Waals surface area (Å²) >= 11 is 0. The highest BCUT2D eigenvalue weighted by atomic mass is 16.6. The number of methoxy groups -OCH3 is 1. The zero-order valence-electron chi connectivity index (χ0n) is 13.1. The van der Waals surface area contributed by atoms with E-state index in [1.54, 1.807) is 31.2 Å². The highest BCUT2D eigenvalue weighted by Crippen LogP contribution is 2.28. The van der Waals surface area contributed by atoms with Gasteiger partial charge < -0.3 is 18.6 Å². The molecule has 0 atom stereocenters. The van der Waals surface area contributed by atoms with Gasteiger partial charge in [0.15, 0.2) is 11.5 Å². The average molecular weight is 332 g/mol. The van der Waals surface area contributed by atoms with Crippen LogP contribution in [0.5, 0.6) is 11.5 Å². The molecule has 0 saturated carbocycles. The molecule has 0 saturated heterocycles. The highest BCUT2D eigenvalue weighted by molar-refractivity contribution is 5.89. The molecule has 0 spiro atoms. The number of esters is 1. The van der Waals surface area contributed by atoms with Crippen molar-refractivity contribution in [2.45, 2.75) is 6.92 Å². The van der Waals surface area contributed by atoms with Gasteiger partial charge in [-0.2, -0.15) is 5.10 Å². The minimum absolute atomic E-state index is 0.0846. The van der Waals surface area contributed by atoms with Crippen molar-refractivity contribution >= 4 is 18.3 Å². The Bertz CT molecular complexity index is 724. The van der Waals surface area contributed by atoms with Gasteiger partial charge in [0.05, 0.1) is 26.2 Å². The molecule has 0 unspecified atom stereocenters. The molecule has 1 aromatic carbocycles. The lowest BCUT2D eigenvalue weighted by molar-refractivity contribution is 0.0696. The van der Waals surface area contributed by atoms with Crippen molar-refractivity contribution in [3.8, 4) is 11.5 Å². The van der Waals surface area contributed by atoms with E-state index in [9.17, 15) is 9.59 Å². The van der Waals surface area contributed by atoms with E-state index in [1.165, 1.54) is 25.7 Å². The van der Waals surface area contributed by atoms with Crippen LogP contribution in [0.3, 0.4) is 0 Å². The molecule has 1 aromatic heterocycles. The lowest BCUT2D eigenvalue weighted by Gasteiger charge is -2.08. The molecule has 8 heteroatoms. The molecule has 0 aliphatic heterocycles. The molecule has 0 fully saturated rings. The number of nitrogens with zero attached hydrogens (tertiary/aromatic N) is 1. The van der Waals surface area contributed by atoms with E-state index in [0.717, 1.165) is 0 Å². The summed E-state index contributed by atoms with van der Waals surface area (Å²) < 4.78 is 20.0. The third kappa shape index (κ3) is 4.60. The number of amides is 1. The molecule has 1 amide bonds. The van der Waals surface area contributed by atoms with E-state index in [0.29, 0.717) is 11.3 Å². The Morgan fingerprint density at radius 2 is 2.12 bits per heavy atom. The second-order valence-electron chi connectivity index (χ2n) is 4.37. The molecular formula is C16H16N2O6. The van der Waals surface area contributed by atoms with Crippen LogP contribution in [0.4, 0.5) is 4.79 Å². The average Bonchev–Trinajstić information content (AvgIpc) is 3.11. The Morgan fingerprint density at radius 3 is 2.79 bits per heavy atom. The maximum Gasteiger partial charge on any atom is 0.427 e. The molecule has 8 nitrogen and oxygen atoms in total. The fourth-order valence-corrected chi connectivity index (χ4v) is 1.72. The van der Waals surface area contributed by atoms with Crippen molar-refractivity contribution in [1.29, 1.82) is 0 Å². The second kappa shape index (κ2) is 8.37.